The highest BCUT2D eigenvalue weighted by atomic mass is 16.3. The largest absolute Gasteiger partial charge is 0.454 e. The van der Waals surface area contributed by atoms with Crippen LogP contribution in [0.1, 0.15) is 0 Å². The summed E-state index contributed by atoms with van der Waals surface area (Å²) in [7, 11) is 0. The third-order valence-corrected chi connectivity index (χ3v) is 10.4. The van der Waals surface area contributed by atoms with Gasteiger partial charge in [-0.15, -0.1) is 0 Å². The van der Waals surface area contributed by atoms with E-state index in [1.165, 1.54) is 26.9 Å². The fourth-order valence-corrected chi connectivity index (χ4v) is 8.07. The molecule has 4 heteroatoms. The second-order valence-electron chi connectivity index (χ2n) is 13.3. The van der Waals surface area contributed by atoms with E-state index in [0.29, 0.717) is 5.82 Å². The first-order valence-electron chi connectivity index (χ1n) is 17.6. The summed E-state index contributed by atoms with van der Waals surface area (Å²) in [6.45, 7) is 0. The van der Waals surface area contributed by atoms with Gasteiger partial charge in [-0.25, -0.2) is 9.97 Å². The number of fused-ring (bicyclic) bond motifs is 10. The van der Waals surface area contributed by atoms with Crippen LogP contribution in [0.2, 0.25) is 0 Å². The molecule has 0 aliphatic heterocycles. The minimum atomic E-state index is 0.662. The van der Waals surface area contributed by atoms with Crippen LogP contribution in [0, 0.1) is 0 Å². The molecule has 0 atom stereocenters. The third kappa shape index (κ3) is 4.28. The van der Waals surface area contributed by atoms with Crippen molar-refractivity contribution in [3.63, 3.8) is 0 Å². The highest BCUT2D eigenvalue weighted by molar-refractivity contribution is 6.24. The van der Waals surface area contributed by atoms with Crippen molar-refractivity contribution in [1.29, 1.82) is 0 Å². The molecule has 0 aliphatic rings. The van der Waals surface area contributed by atoms with Crippen molar-refractivity contribution in [2.75, 3.05) is 0 Å². The molecule has 0 unspecified atom stereocenters. The predicted molar refractivity (Wildman–Crippen MR) is 215 cm³/mol. The van der Waals surface area contributed by atoms with Crippen molar-refractivity contribution in [1.82, 2.24) is 14.5 Å². The molecule has 11 aromatic rings. The molecular formula is C48H29N3O. The van der Waals surface area contributed by atoms with Gasteiger partial charge in [0.05, 0.1) is 28.1 Å². The van der Waals surface area contributed by atoms with Crippen molar-refractivity contribution in [2.45, 2.75) is 0 Å². The predicted octanol–water partition coefficient (Wildman–Crippen LogP) is 12.8. The van der Waals surface area contributed by atoms with E-state index in [0.717, 1.165) is 72.1 Å². The van der Waals surface area contributed by atoms with Gasteiger partial charge < -0.3 is 8.98 Å². The summed E-state index contributed by atoms with van der Waals surface area (Å²) >= 11 is 0. The zero-order chi connectivity index (χ0) is 34.2. The van der Waals surface area contributed by atoms with Crippen LogP contribution in [0.25, 0.3) is 105 Å². The Morgan fingerprint density at radius 3 is 1.81 bits per heavy atom. The lowest BCUT2D eigenvalue weighted by Gasteiger charge is -2.14. The van der Waals surface area contributed by atoms with E-state index in [2.05, 4.69) is 138 Å². The number of hydrogen-bond donors (Lipinski definition) is 0. The van der Waals surface area contributed by atoms with E-state index < -0.39 is 0 Å². The number of aromatic nitrogens is 3. The second kappa shape index (κ2) is 11.2. The summed E-state index contributed by atoms with van der Waals surface area (Å²) in [6, 6.07) is 61.8. The van der Waals surface area contributed by atoms with Crippen molar-refractivity contribution in [3.8, 4) is 39.6 Å². The van der Waals surface area contributed by atoms with Crippen molar-refractivity contribution in [2.24, 2.45) is 0 Å². The van der Waals surface area contributed by atoms with Gasteiger partial charge in [0.15, 0.2) is 11.4 Å². The number of nitrogens with zero attached hydrogens (tertiary/aromatic N) is 3. The minimum Gasteiger partial charge on any atom is -0.454 e. The van der Waals surface area contributed by atoms with Crippen LogP contribution in [0.15, 0.2) is 180 Å². The van der Waals surface area contributed by atoms with Gasteiger partial charge in [-0.1, -0.05) is 146 Å². The Morgan fingerprint density at radius 2 is 1.06 bits per heavy atom. The molecule has 0 aliphatic carbocycles. The molecule has 4 nitrogen and oxygen atoms in total. The number of hydrogen-bond acceptors (Lipinski definition) is 3. The third-order valence-electron chi connectivity index (χ3n) is 10.4. The van der Waals surface area contributed by atoms with Gasteiger partial charge in [0.1, 0.15) is 5.58 Å². The fraction of sp³-hybridized carbons (Fsp3) is 0. The molecule has 3 aromatic heterocycles. The SMILES string of the molecule is c1ccc(-c2cc(-c3ccccc3)nc(-c3cccc4oc5c(ccc6c7ccccc7n(-c7cc8ccccc8c8ccccc78)c65)c34)n2)cc1. The number of benzene rings is 8. The zero-order valence-corrected chi connectivity index (χ0v) is 28.0. The van der Waals surface area contributed by atoms with Crippen LogP contribution in [0.4, 0.5) is 0 Å². The topological polar surface area (TPSA) is 43.9 Å². The van der Waals surface area contributed by atoms with Crippen LogP contribution >= 0.6 is 0 Å². The Bertz CT molecular complexity index is 3120. The Morgan fingerprint density at radius 1 is 0.442 bits per heavy atom. The quantitative estimate of drug-likeness (QED) is 0.176. The van der Waals surface area contributed by atoms with E-state index in [9.17, 15) is 0 Å². The molecule has 242 valence electrons. The van der Waals surface area contributed by atoms with Gasteiger partial charge >= 0.3 is 0 Å². The van der Waals surface area contributed by atoms with Gasteiger partial charge in [-0.05, 0) is 46.5 Å². The fourth-order valence-electron chi connectivity index (χ4n) is 8.07. The van der Waals surface area contributed by atoms with E-state index in [1.807, 2.05) is 42.5 Å². The first-order chi connectivity index (χ1) is 25.8. The van der Waals surface area contributed by atoms with Gasteiger partial charge in [0, 0.05) is 43.6 Å². The Hall–Kier alpha value is -7.04. The molecule has 0 spiro atoms. The first-order valence-corrected chi connectivity index (χ1v) is 17.6. The normalized spacial score (nSPS) is 11.8. The first kappa shape index (κ1) is 28.8. The number of rotatable bonds is 4. The molecule has 3 heterocycles. The van der Waals surface area contributed by atoms with Crippen LogP contribution in [0.5, 0.6) is 0 Å². The van der Waals surface area contributed by atoms with E-state index in [4.69, 9.17) is 14.4 Å². The monoisotopic (exact) mass is 663 g/mol. The standard InChI is InChI=1S/C48H29N3O/c1-3-14-30(15-4-1)40-29-41(31-16-5-2-6-17-31)50-48(49-40)39-23-13-25-44-45(39)38-27-26-37-36-22-11-12-24-42(36)51(46(37)47(38)52-44)43-28-32-18-7-8-19-33(32)34-20-9-10-21-35(34)43/h1-29H. The molecule has 0 fully saturated rings. The molecule has 0 radical (unpaired) electrons. The van der Waals surface area contributed by atoms with Crippen molar-refractivity contribution < 1.29 is 4.42 Å². The Labute approximate surface area is 298 Å². The summed E-state index contributed by atoms with van der Waals surface area (Å²) in [5.74, 6) is 0.662. The molecule has 0 amide bonds. The summed E-state index contributed by atoms with van der Waals surface area (Å²) in [5.41, 5.74) is 9.72. The van der Waals surface area contributed by atoms with E-state index in [-0.39, 0.29) is 0 Å². The molecular weight excluding hydrogens is 635 g/mol. The molecule has 52 heavy (non-hydrogen) atoms. The average molecular weight is 664 g/mol. The van der Waals surface area contributed by atoms with Crippen molar-refractivity contribution >= 4 is 65.3 Å². The van der Waals surface area contributed by atoms with Crippen LogP contribution in [0.3, 0.4) is 0 Å². The van der Waals surface area contributed by atoms with Crippen LogP contribution in [-0.4, -0.2) is 14.5 Å². The maximum absolute atomic E-state index is 6.97. The smallest absolute Gasteiger partial charge is 0.161 e. The average Bonchev–Trinajstić information content (AvgIpc) is 3.77. The highest BCUT2D eigenvalue weighted by Gasteiger charge is 2.23. The van der Waals surface area contributed by atoms with E-state index in [1.54, 1.807) is 0 Å². The van der Waals surface area contributed by atoms with Gasteiger partial charge in [-0.3, -0.25) is 0 Å². The van der Waals surface area contributed by atoms with Gasteiger partial charge in [0.2, 0.25) is 0 Å². The molecule has 0 N–H and O–H groups in total. The van der Waals surface area contributed by atoms with Gasteiger partial charge in [-0.2, -0.15) is 0 Å². The summed E-state index contributed by atoms with van der Waals surface area (Å²) in [6.07, 6.45) is 0. The van der Waals surface area contributed by atoms with Crippen LogP contribution in [-0.2, 0) is 0 Å². The minimum absolute atomic E-state index is 0.662. The van der Waals surface area contributed by atoms with Crippen molar-refractivity contribution in [3.05, 3.63) is 176 Å². The lowest BCUT2D eigenvalue weighted by atomic mass is 10.00. The Balaban J connectivity index is 1.24. The van der Waals surface area contributed by atoms with E-state index >= 15 is 0 Å². The maximum atomic E-state index is 6.97. The van der Waals surface area contributed by atoms with Crippen LogP contribution < -0.4 is 0 Å². The molecule has 8 aromatic carbocycles. The number of para-hydroxylation sites is 1. The summed E-state index contributed by atoms with van der Waals surface area (Å²) in [5, 5.41) is 9.23. The zero-order valence-electron chi connectivity index (χ0n) is 28.0. The Kier molecular flexibility index (Phi) is 6.22. The molecule has 0 saturated heterocycles. The lowest BCUT2D eigenvalue weighted by Crippen LogP contribution is -1.97. The molecule has 11 rings (SSSR count). The van der Waals surface area contributed by atoms with Gasteiger partial charge in [0.25, 0.3) is 0 Å². The second-order valence-corrected chi connectivity index (χ2v) is 13.3. The maximum Gasteiger partial charge on any atom is 0.161 e. The lowest BCUT2D eigenvalue weighted by molar-refractivity contribution is 0.671. The summed E-state index contributed by atoms with van der Waals surface area (Å²) < 4.78 is 9.38. The number of furan rings is 1. The molecule has 0 bridgehead atoms. The molecule has 0 saturated carbocycles. The highest BCUT2D eigenvalue weighted by Crippen LogP contribution is 2.44. The summed E-state index contributed by atoms with van der Waals surface area (Å²) in [4.78, 5) is 10.4.